The summed E-state index contributed by atoms with van der Waals surface area (Å²) in [5, 5.41) is 1.61. The van der Waals surface area contributed by atoms with Crippen LogP contribution in [0.25, 0.3) is 5.57 Å². The molecule has 8 heteroatoms. The van der Waals surface area contributed by atoms with E-state index in [4.69, 9.17) is 4.74 Å². The van der Waals surface area contributed by atoms with E-state index in [1.807, 2.05) is 0 Å². The van der Waals surface area contributed by atoms with Gasteiger partial charge in [-0.15, -0.1) is 0 Å². The minimum Gasteiger partial charge on any atom is -0.465 e. The Labute approximate surface area is 135 Å². The zero-order chi connectivity index (χ0) is 16.6. The number of imide groups is 1. The van der Waals surface area contributed by atoms with E-state index in [1.54, 1.807) is 31.2 Å². The number of ether oxygens (including phenoxy) is 1. The van der Waals surface area contributed by atoms with Crippen molar-refractivity contribution in [2.75, 3.05) is 18.1 Å². The lowest BCUT2D eigenvalue weighted by molar-refractivity contribution is -0.142. The van der Waals surface area contributed by atoms with Crippen molar-refractivity contribution in [3.63, 3.8) is 0 Å². The Kier molecular flexibility index (Phi) is 3.91. The lowest BCUT2D eigenvalue weighted by Gasteiger charge is -2.15. The average Bonchev–Trinajstić information content (AvgIpc) is 2.97. The largest absolute Gasteiger partial charge is 0.465 e. The first-order valence-corrected chi connectivity index (χ1v) is 7.69. The number of esters is 1. The Hall–Kier alpha value is -2.61. The van der Waals surface area contributed by atoms with E-state index in [0.717, 1.165) is 0 Å². The van der Waals surface area contributed by atoms with Gasteiger partial charge in [-0.25, -0.2) is 0 Å². The van der Waals surface area contributed by atoms with Gasteiger partial charge in [-0.1, -0.05) is 18.2 Å². The van der Waals surface area contributed by atoms with E-state index in [-0.39, 0.29) is 23.6 Å². The SMILES string of the molecule is CCOC(=O)CN1C(=O)/C(=C2/SC(=O)NC2=O)c2ccccc21. The van der Waals surface area contributed by atoms with Gasteiger partial charge in [-0.2, -0.15) is 0 Å². The molecule has 0 radical (unpaired) electrons. The number of carbonyl (C=O) groups excluding carboxylic acids is 4. The molecule has 3 amide bonds. The maximum Gasteiger partial charge on any atom is 0.326 e. The van der Waals surface area contributed by atoms with E-state index >= 15 is 0 Å². The smallest absolute Gasteiger partial charge is 0.326 e. The number of amides is 3. The highest BCUT2D eigenvalue weighted by molar-refractivity contribution is 8.18. The fraction of sp³-hybridized carbons (Fsp3) is 0.200. The summed E-state index contributed by atoms with van der Waals surface area (Å²) in [5.41, 5.74) is 1.17. The molecule has 1 saturated heterocycles. The molecule has 1 aromatic rings. The monoisotopic (exact) mass is 332 g/mol. The summed E-state index contributed by atoms with van der Waals surface area (Å²) in [7, 11) is 0. The Balaban J connectivity index is 2.06. The van der Waals surface area contributed by atoms with Crippen LogP contribution in [0.2, 0.25) is 0 Å². The summed E-state index contributed by atoms with van der Waals surface area (Å²) in [5.74, 6) is -1.63. The van der Waals surface area contributed by atoms with Crippen molar-refractivity contribution in [1.29, 1.82) is 0 Å². The second kappa shape index (κ2) is 5.88. The van der Waals surface area contributed by atoms with Gasteiger partial charge >= 0.3 is 5.97 Å². The lowest BCUT2D eigenvalue weighted by Crippen LogP contribution is -2.33. The zero-order valence-corrected chi connectivity index (χ0v) is 12.9. The number of fused-ring (bicyclic) bond motifs is 1. The number of anilines is 1. The Morgan fingerprint density at radius 1 is 1.26 bits per heavy atom. The molecule has 0 aliphatic carbocycles. The molecule has 0 aromatic heterocycles. The van der Waals surface area contributed by atoms with Crippen LogP contribution in [0.1, 0.15) is 12.5 Å². The van der Waals surface area contributed by atoms with Gasteiger partial charge in [0.05, 0.1) is 22.8 Å². The maximum atomic E-state index is 12.7. The summed E-state index contributed by atoms with van der Waals surface area (Å²) in [6, 6.07) is 6.81. The Morgan fingerprint density at radius 2 is 2.00 bits per heavy atom. The van der Waals surface area contributed by atoms with Gasteiger partial charge < -0.3 is 4.74 Å². The summed E-state index contributed by atoms with van der Waals surface area (Å²) in [4.78, 5) is 49.0. The van der Waals surface area contributed by atoms with Crippen LogP contribution in [0.4, 0.5) is 10.5 Å². The Bertz CT molecular complexity index is 771. The minimum absolute atomic E-state index is 0.0545. The molecular formula is C15H12N2O5S. The van der Waals surface area contributed by atoms with Gasteiger partial charge in [0.1, 0.15) is 6.54 Å². The lowest BCUT2D eigenvalue weighted by atomic mass is 10.1. The van der Waals surface area contributed by atoms with Crippen LogP contribution < -0.4 is 10.2 Å². The normalized spacial score (nSPS) is 19.9. The van der Waals surface area contributed by atoms with Crippen molar-refractivity contribution in [2.45, 2.75) is 6.92 Å². The van der Waals surface area contributed by atoms with Crippen molar-refractivity contribution in [1.82, 2.24) is 5.32 Å². The first-order valence-electron chi connectivity index (χ1n) is 6.87. The van der Waals surface area contributed by atoms with Crippen LogP contribution in [0, 0.1) is 0 Å². The van der Waals surface area contributed by atoms with E-state index in [1.165, 1.54) is 4.90 Å². The number of nitrogens with one attached hydrogen (secondary N) is 1. The van der Waals surface area contributed by atoms with Crippen molar-refractivity contribution in [3.05, 3.63) is 34.7 Å². The fourth-order valence-electron chi connectivity index (χ4n) is 2.47. The van der Waals surface area contributed by atoms with E-state index < -0.39 is 23.0 Å². The average molecular weight is 332 g/mol. The van der Waals surface area contributed by atoms with Crippen LogP contribution in [0.15, 0.2) is 29.2 Å². The molecule has 1 N–H and O–H groups in total. The first-order chi connectivity index (χ1) is 11.0. The molecule has 0 atom stereocenters. The fourth-order valence-corrected chi connectivity index (χ4v) is 3.24. The van der Waals surface area contributed by atoms with Crippen LogP contribution in [-0.2, 0) is 19.1 Å². The molecule has 1 aromatic carbocycles. The van der Waals surface area contributed by atoms with E-state index in [2.05, 4.69) is 5.32 Å². The topological polar surface area (TPSA) is 92.8 Å². The van der Waals surface area contributed by atoms with Crippen LogP contribution >= 0.6 is 11.8 Å². The molecule has 2 heterocycles. The number of hydrogen-bond acceptors (Lipinski definition) is 6. The van der Waals surface area contributed by atoms with Crippen LogP contribution in [0.5, 0.6) is 0 Å². The number of rotatable bonds is 3. The summed E-state index contributed by atoms with van der Waals surface area (Å²) in [6.07, 6.45) is 0. The third-order valence-corrected chi connectivity index (χ3v) is 4.24. The molecular weight excluding hydrogens is 320 g/mol. The molecule has 3 rings (SSSR count). The molecule has 2 aliphatic heterocycles. The van der Waals surface area contributed by atoms with Crippen LogP contribution in [0.3, 0.4) is 0 Å². The highest BCUT2D eigenvalue weighted by Crippen LogP contribution is 2.42. The summed E-state index contributed by atoms with van der Waals surface area (Å²) < 4.78 is 4.88. The molecule has 118 valence electrons. The molecule has 23 heavy (non-hydrogen) atoms. The molecule has 0 saturated carbocycles. The first kappa shape index (κ1) is 15.3. The van der Waals surface area contributed by atoms with Gasteiger partial charge in [0.25, 0.3) is 17.1 Å². The van der Waals surface area contributed by atoms with Crippen molar-refractivity contribution in [3.8, 4) is 0 Å². The van der Waals surface area contributed by atoms with Crippen LogP contribution in [-0.4, -0.2) is 36.2 Å². The summed E-state index contributed by atoms with van der Waals surface area (Å²) in [6.45, 7) is 1.64. The highest BCUT2D eigenvalue weighted by atomic mass is 32.2. The number of benzene rings is 1. The second-order valence-electron chi connectivity index (χ2n) is 4.76. The molecule has 0 spiro atoms. The zero-order valence-electron chi connectivity index (χ0n) is 12.1. The molecule has 7 nitrogen and oxygen atoms in total. The predicted octanol–water partition coefficient (Wildman–Crippen LogP) is 1.29. The van der Waals surface area contributed by atoms with E-state index in [0.29, 0.717) is 23.0 Å². The van der Waals surface area contributed by atoms with Crippen molar-refractivity contribution >= 4 is 46.0 Å². The molecule has 2 aliphatic rings. The number of nitrogens with zero attached hydrogens (tertiary/aromatic N) is 1. The van der Waals surface area contributed by atoms with Gasteiger partial charge in [0.2, 0.25) is 0 Å². The van der Waals surface area contributed by atoms with Gasteiger partial charge in [0.15, 0.2) is 0 Å². The summed E-state index contributed by atoms with van der Waals surface area (Å²) >= 11 is 0.686. The number of carbonyl (C=O) groups is 4. The minimum atomic E-state index is -0.601. The third kappa shape index (κ3) is 2.61. The quantitative estimate of drug-likeness (QED) is 0.662. The second-order valence-corrected chi connectivity index (χ2v) is 5.74. The van der Waals surface area contributed by atoms with E-state index in [9.17, 15) is 19.2 Å². The highest BCUT2D eigenvalue weighted by Gasteiger charge is 2.40. The standard InChI is InChI=1S/C15H12N2O5S/c1-2-22-10(18)7-17-9-6-4-3-5-8(9)11(14(17)20)12-13(19)16-15(21)23-12/h3-6H,2,7H2,1H3,(H,16,19,21)/b12-11+. The third-order valence-electron chi connectivity index (χ3n) is 3.36. The van der Waals surface area contributed by atoms with Gasteiger partial charge in [0, 0.05) is 5.56 Å². The number of thioether (sulfide) groups is 1. The predicted molar refractivity (Wildman–Crippen MR) is 83.5 cm³/mol. The number of hydrogen-bond donors (Lipinski definition) is 1. The van der Waals surface area contributed by atoms with Crippen molar-refractivity contribution < 1.29 is 23.9 Å². The maximum absolute atomic E-state index is 12.7. The van der Waals surface area contributed by atoms with Gasteiger partial charge in [-0.3, -0.25) is 29.4 Å². The molecule has 0 unspecified atom stereocenters. The Morgan fingerprint density at radius 3 is 2.65 bits per heavy atom. The number of para-hydroxylation sites is 1. The molecule has 0 bridgehead atoms. The van der Waals surface area contributed by atoms with Gasteiger partial charge in [-0.05, 0) is 24.8 Å². The van der Waals surface area contributed by atoms with Crippen molar-refractivity contribution in [2.24, 2.45) is 0 Å². The molecule has 1 fully saturated rings.